The lowest BCUT2D eigenvalue weighted by atomic mass is 9.96. The van der Waals surface area contributed by atoms with E-state index in [0.29, 0.717) is 17.3 Å². The Morgan fingerprint density at radius 3 is 2.85 bits per heavy atom. The van der Waals surface area contributed by atoms with Crippen LogP contribution in [0.2, 0.25) is 0 Å². The SMILES string of the molecule is O=C(c1cccc(-c2noc(-c3n[nH]c4c3CCCC4)n2)c1)N1CCCC1. The number of H-pyrrole nitrogens is 1. The Morgan fingerprint density at radius 1 is 1.11 bits per heavy atom. The number of carbonyl (C=O) groups is 1. The highest BCUT2D eigenvalue weighted by molar-refractivity contribution is 5.95. The number of amides is 1. The van der Waals surface area contributed by atoms with Crippen LogP contribution in [0.3, 0.4) is 0 Å². The third-order valence-electron chi connectivity index (χ3n) is 5.45. The quantitative estimate of drug-likeness (QED) is 0.772. The van der Waals surface area contributed by atoms with E-state index in [1.165, 1.54) is 17.7 Å². The Bertz CT molecular complexity index is 984. The molecule has 7 heteroatoms. The van der Waals surface area contributed by atoms with Crippen LogP contribution in [0.25, 0.3) is 23.0 Å². The number of rotatable bonds is 3. The molecule has 3 aromatic rings. The number of fused-ring (bicyclic) bond motifs is 1. The molecule has 0 bridgehead atoms. The summed E-state index contributed by atoms with van der Waals surface area (Å²) < 4.78 is 5.49. The van der Waals surface area contributed by atoms with E-state index in [0.717, 1.165) is 56.5 Å². The van der Waals surface area contributed by atoms with E-state index in [-0.39, 0.29) is 5.91 Å². The lowest BCUT2D eigenvalue weighted by Gasteiger charge is -2.15. The number of aromatic amines is 1. The predicted molar refractivity (Wildman–Crippen MR) is 99.1 cm³/mol. The van der Waals surface area contributed by atoms with Gasteiger partial charge in [0.15, 0.2) is 5.69 Å². The van der Waals surface area contributed by atoms with Crippen LogP contribution in [0.1, 0.15) is 47.3 Å². The fourth-order valence-corrected chi connectivity index (χ4v) is 3.99. The zero-order valence-corrected chi connectivity index (χ0v) is 15.1. The summed E-state index contributed by atoms with van der Waals surface area (Å²) in [6, 6.07) is 7.45. The van der Waals surface area contributed by atoms with Crippen LogP contribution in [-0.2, 0) is 12.8 Å². The van der Waals surface area contributed by atoms with Crippen molar-refractivity contribution in [2.75, 3.05) is 13.1 Å². The molecule has 1 fully saturated rings. The zero-order valence-electron chi connectivity index (χ0n) is 15.1. The Morgan fingerprint density at radius 2 is 1.96 bits per heavy atom. The van der Waals surface area contributed by atoms with Crippen molar-refractivity contribution in [2.45, 2.75) is 38.5 Å². The van der Waals surface area contributed by atoms with Gasteiger partial charge < -0.3 is 9.42 Å². The van der Waals surface area contributed by atoms with Gasteiger partial charge >= 0.3 is 0 Å². The second kappa shape index (κ2) is 6.64. The average molecular weight is 363 g/mol. The van der Waals surface area contributed by atoms with E-state index < -0.39 is 0 Å². The molecule has 138 valence electrons. The molecule has 2 aliphatic rings. The molecular formula is C20H21N5O2. The molecule has 7 nitrogen and oxygen atoms in total. The second-order valence-electron chi connectivity index (χ2n) is 7.24. The number of aromatic nitrogens is 4. The van der Waals surface area contributed by atoms with E-state index in [1.54, 1.807) is 0 Å². The zero-order chi connectivity index (χ0) is 18.2. The van der Waals surface area contributed by atoms with Gasteiger partial charge in [-0.1, -0.05) is 17.3 Å². The van der Waals surface area contributed by atoms with Gasteiger partial charge in [-0.2, -0.15) is 10.1 Å². The fourth-order valence-electron chi connectivity index (χ4n) is 3.99. The molecule has 0 unspecified atom stereocenters. The standard InChI is InChI=1S/C20H21N5O2/c26-20(25-10-3-4-11-25)14-7-5-6-13(12-14)18-21-19(27-24-18)17-15-8-1-2-9-16(15)22-23-17/h5-7,12H,1-4,8-11H2,(H,22,23). The number of hydrogen-bond donors (Lipinski definition) is 1. The number of likely N-dealkylation sites (tertiary alicyclic amines) is 1. The Labute approximate surface area is 156 Å². The maximum atomic E-state index is 12.6. The number of carbonyl (C=O) groups excluding carboxylic acids is 1. The Balaban J connectivity index is 1.44. The molecule has 3 heterocycles. The largest absolute Gasteiger partial charge is 0.339 e. The number of nitrogens with zero attached hydrogens (tertiary/aromatic N) is 4. The van der Waals surface area contributed by atoms with Crippen molar-refractivity contribution >= 4 is 5.91 Å². The highest BCUT2D eigenvalue weighted by Gasteiger charge is 2.23. The lowest BCUT2D eigenvalue weighted by Crippen LogP contribution is -2.27. The van der Waals surface area contributed by atoms with E-state index in [4.69, 9.17) is 4.52 Å². The minimum absolute atomic E-state index is 0.0689. The molecule has 5 rings (SSSR count). The van der Waals surface area contributed by atoms with Crippen molar-refractivity contribution in [2.24, 2.45) is 0 Å². The third-order valence-corrected chi connectivity index (χ3v) is 5.45. The summed E-state index contributed by atoms with van der Waals surface area (Å²) in [5.74, 6) is 0.980. The molecule has 1 saturated heterocycles. The molecule has 0 spiro atoms. The van der Waals surface area contributed by atoms with Gasteiger partial charge in [-0.05, 0) is 50.7 Å². The molecular weight excluding hydrogens is 342 g/mol. The smallest absolute Gasteiger partial charge is 0.279 e. The number of nitrogens with one attached hydrogen (secondary N) is 1. The van der Waals surface area contributed by atoms with Crippen LogP contribution in [0.5, 0.6) is 0 Å². The van der Waals surface area contributed by atoms with Crippen LogP contribution >= 0.6 is 0 Å². The number of hydrogen-bond acceptors (Lipinski definition) is 5. The highest BCUT2D eigenvalue weighted by atomic mass is 16.5. The minimum atomic E-state index is 0.0689. The van der Waals surface area contributed by atoms with Crippen molar-refractivity contribution < 1.29 is 9.32 Å². The first kappa shape index (κ1) is 16.2. The lowest BCUT2D eigenvalue weighted by molar-refractivity contribution is 0.0793. The number of benzene rings is 1. The monoisotopic (exact) mass is 363 g/mol. The third kappa shape index (κ3) is 2.93. The van der Waals surface area contributed by atoms with Gasteiger partial charge in [0.05, 0.1) is 0 Å². The highest BCUT2D eigenvalue weighted by Crippen LogP contribution is 2.30. The van der Waals surface area contributed by atoms with Gasteiger partial charge in [-0.15, -0.1) is 0 Å². The van der Waals surface area contributed by atoms with Gasteiger partial charge in [0.1, 0.15) is 0 Å². The van der Waals surface area contributed by atoms with E-state index in [2.05, 4.69) is 20.3 Å². The normalized spacial score (nSPS) is 16.5. The van der Waals surface area contributed by atoms with E-state index in [9.17, 15) is 4.79 Å². The second-order valence-corrected chi connectivity index (χ2v) is 7.24. The summed E-state index contributed by atoms with van der Waals surface area (Å²) >= 11 is 0. The maximum absolute atomic E-state index is 12.6. The van der Waals surface area contributed by atoms with Crippen molar-refractivity contribution in [3.8, 4) is 23.0 Å². The van der Waals surface area contributed by atoms with Crippen LogP contribution in [0.15, 0.2) is 28.8 Å². The Kier molecular flexibility index (Phi) is 3.99. The van der Waals surface area contributed by atoms with Gasteiger partial charge in [0.2, 0.25) is 5.82 Å². The van der Waals surface area contributed by atoms with Crippen molar-refractivity contribution in [3.63, 3.8) is 0 Å². The molecule has 1 amide bonds. The molecule has 0 atom stereocenters. The summed E-state index contributed by atoms with van der Waals surface area (Å²) in [5, 5.41) is 11.6. The summed E-state index contributed by atoms with van der Waals surface area (Å²) in [5.41, 5.74) is 4.56. The topological polar surface area (TPSA) is 87.9 Å². The predicted octanol–water partition coefficient (Wildman–Crippen LogP) is 3.24. The van der Waals surface area contributed by atoms with Crippen LogP contribution in [-0.4, -0.2) is 44.2 Å². The van der Waals surface area contributed by atoms with Gasteiger partial charge in [-0.3, -0.25) is 9.89 Å². The first-order valence-electron chi connectivity index (χ1n) is 9.59. The molecule has 2 aromatic heterocycles. The summed E-state index contributed by atoms with van der Waals surface area (Å²) in [6.07, 6.45) is 6.49. The van der Waals surface area contributed by atoms with Crippen LogP contribution in [0, 0.1) is 0 Å². The first-order chi connectivity index (χ1) is 13.3. The molecule has 0 saturated carbocycles. The Hall–Kier alpha value is -2.96. The van der Waals surface area contributed by atoms with Crippen molar-refractivity contribution in [3.05, 3.63) is 41.1 Å². The molecule has 1 aliphatic carbocycles. The van der Waals surface area contributed by atoms with Crippen LogP contribution < -0.4 is 0 Å². The summed E-state index contributed by atoms with van der Waals surface area (Å²) in [6.45, 7) is 1.67. The van der Waals surface area contributed by atoms with E-state index in [1.807, 2.05) is 29.2 Å². The van der Waals surface area contributed by atoms with E-state index >= 15 is 0 Å². The molecule has 1 aromatic carbocycles. The average Bonchev–Trinajstić information content (AvgIpc) is 3.47. The summed E-state index contributed by atoms with van der Waals surface area (Å²) in [7, 11) is 0. The van der Waals surface area contributed by atoms with Gasteiger partial charge in [0.25, 0.3) is 11.8 Å². The molecule has 1 N–H and O–H groups in total. The molecule has 0 radical (unpaired) electrons. The fraction of sp³-hybridized carbons (Fsp3) is 0.400. The van der Waals surface area contributed by atoms with Gasteiger partial charge in [-0.25, -0.2) is 0 Å². The molecule has 1 aliphatic heterocycles. The van der Waals surface area contributed by atoms with Gasteiger partial charge in [0, 0.05) is 35.5 Å². The summed E-state index contributed by atoms with van der Waals surface area (Å²) in [4.78, 5) is 19.1. The molecule has 27 heavy (non-hydrogen) atoms. The minimum Gasteiger partial charge on any atom is -0.339 e. The van der Waals surface area contributed by atoms with Crippen molar-refractivity contribution in [1.82, 2.24) is 25.2 Å². The first-order valence-corrected chi connectivity index (χ1v) is 9.59. The van der Waals surface area contributed by atoms with Crippen molar-refractivity contribution in [1.29, 1.82) is 0 Å². The maximum Gasteiger partial charge on any atom is 0.279 e. The number of aryl methyl sites for hydroxylation is 1. The van der Waals surface area contributed by atoms with Crippen LogP contribution in [0.4, 0.5) is 0 Å².